The summed E-state index contributed by atoms with van der Waals surface area (Å²) in [5.41, 5.74) is 3.15. The summed E-state index contributed by atoms with van der Waals surface area (Å²) in [6.45, 7) is 7.00. The molecule has 2 rings (SSSR count). The van der Waals surface area contributed by atoms with Crippen LogP contribution in [0.5, 0.6) is 5.75 Å². The van der Waals surface area contributed by atoms with Crippen molar-refractivity contribution >= 4 is 17.5 Å². The highest BCUT2D eigenvalue weighted by atomic mass is 16.5. The van der Waals surface area contributed by atoms with Crippen molar-refractivity contribution in [3.8, 4) is 5.75 Å². The minimum Gasteiger partial charge on any atom is -0.481 e. The Hall–Kier alpha value is -2.86. The highest BCUT2D eigenvalue weighted by Crippen LogP contribution is 2.20. The van der Waals surface area contributed by atoms with Crippen LogP contribution < -0.4 is 15.4 Å². The van der Waals surface area contributed by atoms with Gasteiger partial charge in [0.25, 0.3) is 11.8 Å². The van der Waals surface area contributed by atoms with E-state index in [0.717, 1.165) is 12.0 Å². The first-order valence-corrected chi connectivity index (χ1v) is 9.87. The molecule has 0 aromatic heterocycles. The number of anilines is 1. The molecule has 0 saturated carbocycles. The fraction of sp³-hybridized carbons (Fsp3) is 0.391. The number of amides is 2. The number of nitrogens with one attached hydrogen (secondary N) is 2. The lowest BCUT2D eigenvalue weighted by atomic mass is 10.1. The Bertz CT molecular complexity index is 835. The number of rotatable bonds is 10. The van der Waals surface area contributed by atoms with Crippen molar-refractivity contribution in [2.45, 2.75) is 39.7 Å². The zero-order valence-corrected chi connectivity index (χ0v) is 17.6. The average molecular weight is 399 g/mol. The first-order valence-electron chi connectivity index (χ1n) is 9.87. The molecule has 0 saturated heterocycles. The van der Waals surface area contributed by atoms with Crippen LogP contribution >= 0.6 is 0 Å². The van der Waals surface area contributed by atoms with Gasteiger partial charge in [-0.05, 0) is 62.1 Å². The molecule has 0 aliphatic rings. The molecule has 0 aliphatic heterocycles. The van der Waals surface area contributed by atoms with Gasteiger partial charge in [0, 0.05) is 20.3 Å². The van der Waals surface area contributed by atoms with Crippen LogP contribution in [-0.2, 0) is 9.53 Å². The van der Waals surface area contributed by atoms with Crippen molar-refractivity contribution in [3.63, 3.8) is 0 Å². The van der Waals surface area contributed by atoms with Gasteiger partial charge in [0.2, 0.25) is 0 Å². The molecule has 156 valence electrons. The lowest BCUT2D eigenvalue weighted by Gasteiger charge is -2.19. The van der Waals surface area contributed by atoms with Gasteiger partial charge in [-0.25, -0.2) is 0 Å². The summed E-state index contributed by atoms with van der Waals surface area (Å²) in [4.78, 5) is 25.3. The van der Waals surface area contributed by atoms with E-state index in [1.54, 1.807) is 31.4 Å². The number of carbonyl (C=O) groups is 2. The Morgan fingerprint density at radius 3 is 2.52 bits per heavy atom. The van der Waals surface area contributed by atoms with Gasteiger partial charge in [0.15, 0.2) is 6.10 Å². The summed E-state index contributed by atoms with van der Waals surface area (Å²) < 4.78 is 10.9. The average Bonchev–Trinajstić information content (AvgIpc) is 2.72. The number of para-hydroxylation sites is 1. The van der Waals surface area contributed by atoms with E-state index in [0.29, 0.717) is 36.6 Å². The van der Waals surface area contributed by atoms with E-state index in [4.69, 9.17) is 9.47 Å². The molecule has 0 radical (unpaired) electrons. The molecular weight excluding hydrogens is 368 g/mol. The summed E-state index contributed by atoms with van der Waals surface area (Å²) in [6.07, 6.45) is 0.567. The Morgan fingerprint density at radius 1 is 1.07 bits per heavy atom. The molecule has 2 amide bonds. The standard InChI is InChI=1S/C23H30N2O4/c1-5-21(29-18-12-11-16(2)17(3)15-18)23(27)25-20-10-7-6-9-19(20)22(26)24-13-8-14-28-4/h6-7,9-12,15,21H,5,8,13-14H2,1-4H3,(H,24,26)(H,25,27)/t21-/m0/s1. The quantitative estimate of drug-likeness (QED) is 0.596. The lowest BCUT2D eigenvalue weighted by Crippen LogP contribution is -2.33. The van der Waals surface area contributed by atoms with Crippen molar-refractivity contribution in [3.05, 3.63) is 59.2 Å². The Morgan fingerprint density at radius 2 is 1.83 bits per heavy atom. The van der Waals surface area contributed by atoms with Gasteiger partial charge in [0.05, 0.1) is 11.3 Å². The summed E-state index contributed by atoms with van der Waals surface area (Å²) >= 11 is 0. The molecule has 0 fully saturated rings. The lowest BCUT2D eigenvalue weighted by molar-refractivity contribution is -0.122. The number of ether oxygens (including phenoxy) is 2. The van der Waals surface area contributed by atoms with E-state index in [-0.39, 0.29) is 11.8 Å². The van der Waals surface area contributed by atoms with Gasteiger partial charge in [-0.3, -0.25) is 9.59 Å². The highest BCUT2D eigenvalue weighted by Gasteiger charge is 2.21. The highest BCUT2D eigenvalue weighted by molar-refractivity contribution is 6.04. The minimum absolute atomic E-state index is 0.236. The fourth-order valence-corrected chi connectivity index (χ4v) is 2.79. The Labute approximate surface area is 172 Å². The summed E-state index contributed by atoms with van der Waals surface area (Å²) in [5.74, 6) is 0.129. The van der Waals surface area contributed by atoms with Gasteiger partial charge in [-0.1, -0.05) is 25.1 Å². The van der Waals surface area contributed by atoms with E-state index in [1.807, 2.05) is 39.0 Å². The minimum atomic E-state index is -0.657. The predicted octanol–water partition coefficient (Wildman–Crippen LogP) is 3.87. The largest absolute Gasteiger partial charge is 0.481 e. The number of hydrogen-bond donors (Lipinski definition) is 2. The van der Waals surface area contributed by atoms with Crippen molar-refractivity contribution < 1.29 is 19.1 Å². The van der Waals surface area contributed by atoms with Crippen LogP contribution in [0.15, 0.2) is 42.5 Å². The van der Waals surface area contributed by atoms with E-state index in [1.165, 1.54) is 5.56 Å². The van der Waals surface area contributed by atoms with Crippen LogP contribution in [0.3, 0.4) is 0 Å². The Kier molecular flexibility index (Phi) is 8.68. The third-order valence-electron chi connectivity index (χ3n) is 4.66. The van der Waals surface area contributed by atoms with E-state index in [2.05, 4.69) is 10.6 Å². The van der Waals surface area contributed by atoms with Crippen LogP contribution in [0.2, 0.25) is 0 Å². The molecule has 2 aromatic carbocycles. The van der Waals surface area contributed by atoms with Crippen molar-refractivity contribution in [2.24, 2.45) is 0 Å². The molecular formula is C23H30N2O4. The van der Waals surface area contributed by atoms with Gasteiger partial charge in [-0.15, -0.1) is 0 Å². The van der Waals surface area contributed by atoms with Crippen LogP contribution in [0.4, 0.5) is 5.69 Å². The molecule has 0 spiro atoms. The third kappa shape index (κ3) is 6.61. The number of benzene rings is 2. The molecule has 0 unspecified atom stereocenters. The molecule has 6 nitrogen and oxygen atoms in total. The maximum absolute atomic E-state index is 12.8. The van der Waals surface area contributed by atoms with Crippen LogP contribution in [0, 0.1) is 13.8 Å². The van der Waals surface area contributed by atoms with Gasteiger partial charge in [-0.2, -0.15) is 0 Å². The number of carbonyl (C=O) groups excluding carboxylic acids is 2. The van der Waals surface area contributed by atoms with Gasteiger partial charge < -0.3 is 20.1 Å². The van der Waals surface area contributed by atoms with Gasteiger partial charge >= 0.3 is 0 Å². The number of methoxy groups -OCH3 is 1. The monoisotopic (exact) mass is 398 g/mol. The second kappa shape index (κ2) is 11.2. The molecule has 2 aromatic rings. The smallest absolute Gasteiger partial charge is 0.265 e. The molecule has 29 heavy (non-hydrogen) atoms. The first-order chi connectivity index (χ1) is 14.0. The molecule has 0 bridgehead atoms. The maximum Gasteiger partial charge on any atom is 0.265 e. The SMILES string of the molecule is CC[C@H](Oc1ccc(C)c(C)c1)C(=O)Nc1ccccc1C(=O)NCCCOC. The molecule has 6 heteroatoms. The molecule has 1 atom stereocenters. The summed E-state index contributed by atoms with van der Waals surface area (Å²) in [5, 5.41) is 5.68. The number of aryl methyl sites for hydroxylation is 2. The second-order valence-electron chi connectivity index (χ2n) is 6.90. The van der Waals surface area contributed by atoms with E-state index >= 15 is 0 Å². The normalized spacial score (nSPS) is 11.6. The Balaban J connectivity index is 2.06. The predicted molar refractivity (Wildman–Crippen MR) is 115 cm³/mol. The number of hydrogen-bond acceptors (Lipinski definition) is 4. The van der Waals surface area contributed by atoms with E-state index < -0.39 is 6.10 Å². The van der Waals surface area contributed by atoms with Crippen molar-refractivity contribution in [1.82, 2.24) is 5.32 Å². The molecule has 0 aliphatic carbocycles. The first kappa shape index (κ1) is 22.4. The third-order valence-corrected chi connectivity index (χ3v) is 4.66. The summed E-state index contributed by atoms with van der Waals surface area (Å²) in [6, 6.07) is 12.7. The van der Waals surface area contributed by atoms with Crippen LogP contribution in [-0.4, -0.2) is 38.2 Å². The zero-order chi connectivity index (χ0) is 21.2. The molecule has 2 N–H and O–H groups in total. The zero-order valence-electron chi connectivity index (χ0n) is 17.6. The van der Waals surface area contributed by atoms with Crippen LogP contribution in [0.25, 0.3) is 0 Å². The summed E-state index contributed by atoms with van der Waals surface area (Å²) in [7, 11) is 1.62. The topological polar surface area (TPSA) is 76.7 Å². The second-order valence-corrected chi connectivity index (χ2v) is 6.90. The fourth-order valence-electron chi connectivity index (χ4n) is 2.79. The maximum atomic E-state index is 12.8. The van der Waals surface area contributed by atoms with E-state index in [9.17, 15) is 9.59 Å². The van der Waals surface area contributed by atoms with Crippen molar-refractivity contribution in [1.29, 1.82) is 0 Å². The van der Waals surface area contributed by atoms with Gasteiger partial charge in [0.1, 0.15) is 5.75 Å². The van der Waals surface area contributed by atoms with Crippen LogP contribution in [0.1, 0.15) is 41.3 Å². The van der Waals surface area contributed by atoms with Crippen molar-refractivity contribution in [2.75, 3.05) is 25.6 Å². The molecule has 0 heterocycles.